The summed E-state index contributed by atoms with van der Waals surface area (Å²) in [6.45, 7) is 2.14. The number of phenolic OH excluding ortho intramolecular Hbond substituents is 1. The number of rotatable bonds is 5. The van der Waals surface area contributed by atoms with Crippen LogP contribution in [-0.4, -0.2) is 11.4 Å². The predicted octanol–water partition coefficient (Wildman–Crippen LogP) is 3.41. The van der Waals surface area contributed by atoms with Gasteiger partial charge < -0.3 is 5.11 Å². The molecule has 0 radical (unpaired) electrons. The van der Waals surface area contributed by atoms with E-state index >= 15 is 0 Å². The molecule has 0 heterocycles. The van der Waals surface area contributed by atoms with Gasteiger partial charge >= 0.3 is 0 Å². The molecular formula is C13H16O2. The number of hydrogen-bond donors (Lipinski definition) is 1. The van der Waals surface area contributed by atoms with E-state index < -0.39 is 0 Å². The molecule has 0 aliphatic rings. The summed E-state index contributed by atoms with van der Waals surface area (Å²) >= 11 is 0. The molecule has 0 unspecified atom stereocenters. The second-order valence-electron chi connectivity index (χ2n) is 3.45. The van der Waals surface area contributed by atoms with Crippen LogP contribution in [0.15, 0.2) is 24.3 Å². The van der Waals surface area contributed by atoms with Crippen molar-refractivity contribution < 1.29 is 9.90 Å². The van der Waals surface area contributed by atoms with E-state index in [9.17, 15) is 9.90 Å². The topological polar surface area (TPSA) is 37.3 Å². The van der Waals surface area contributed by atoms with Crippen molar-refractivity contribution in [3.8, 4) is 5.75 Å². The molecule has 0 amide bonds. The Balaban J connectivity index is 2.76. The van der Waals surface area contributed by atoms with Crippen LogP contribution in [0.5, 0.6) is 5.75 Å². The number of benzene rings is 1. The number of allylic oxidation sites excluding steroid dienone is 1. The van der Waals surface area contributed by atoms with E-state index in [1.54, 1.807) is 18.2 Å². The maximum Gasteiger partial charge on any atom is 0.153 e. The summed E-state index contributed by atoms with van der Waals surface area (Å²) in [7, 11) is 0. The number of phenols is 1. The molecular weight excluding hydrogens is 188 g/mol. The Bertz CT molecular complexity index is 354. The van der Waals surface area contributed by atoms with Gasteiger partial charge in [0.1, 0.15) is 5.75 Å². The van der Waals surface area contributed by atoms with Crippen LogP contribution in [0.1, 0.15) is 42.1 Å². The number of carbonyl (C=O) groups is 1. The predicted molar refractivity (Wildman–Crippen MR) is 62.1 cm³/mol. The molecule has 80 valence electrons. The van der Waals surface area contributed by atoms with Crippen LogP contribution < -0.4 is 0 Å². The second-order valence-corrected chi connectivity index (χ2v) is 3.45. The Hall–Kier alpha value is -1.57. The number of unbranched alkanes of at least 4 members (excludes halogenated alkanes) is 2. The smallest absolute Gasteiger partial charge is 0.153 e. The first-order valence-electron chi connectivity index (χ1n) is 5.23. The van der Waals surface area contributed by atoms with E-state index in [2.05, 4.69) is 6.92 Å². The van der Waals surface area contributed by atoms with Gasteiger partial charge in [0.05, 0.1) is 5.56 Å². The molecule has 0 aliphatic heterocycles. The van der Waals surface area contributed by atoms with Crippen LogP contribution in [-0.2, 0) is 0 Å². The first-order chi connectivity index (χ1) is 7.29. The van der Waals surface area contributed by atoms with Crippen molar-refractivity contribution in [1.29, 1.82) is 0 Å². The van der Waals surface area contributed by atoms with E-state index in [1.807, 2.05) is 12.2 Å². The summed E-state index contributed by atoms with van der Waals surface area (Å²) in [6, 6.07) is 5.17. The van der Waals surface area contributed by atoms with Crippen LogP contribution in [0.3, 0.4) is 0 Å². The van der Waals surface area contributed by atoms with Gasteiger partial charge in [-0.3, -0.25) is 4.79 Å². The maximum absolute atomic E-state index is 10.6. The highest BCUT2D eigenvalue weighted by molar-refractivity contribution is 5.82. The van der Waals surface area contributed by atoms with Gasteiger partial charge in [0.25, 0.3) is 0 Å². The van der Waals surface area contributed by atoms with Crippen molar-refractivity contribution >= 4 is 12.4 Å². The number of para-hydroxylation sites is 1. The average Bonchev–Trinajstić information content (AvgIpc) is 2.26. The zero-order valence-corrected chi connectivity index (χ0v) is 8.94. The van der Waals surface area contributed by atoms with Crippen molar-refractivity contribution in [2.75, 3.05) is 0 Å². The molecule has 1 rings (SSSR count). The molecule has 0 saturated heterocycles. The molecule has 0 atom stereocenters. The van der Waals surface area contributed by atoms with Gasteiger partial charge in [0, 0.05) is 5.56 Å². The molecule has 0 bridgehead atoms. The molecule has 0 spiro atoms. The fourth-order valence-corrected chi connectivity index (χ4v) is 1.34. The fraction of sp³-hybridized carbons (Fsp3) is 0.308. The molecule has 2 heteroatoms. The third kappa shape index (κ3) is 3.24. The van der Waals surface area contributed by atoms with Gasteiger partial charge in [0.15, 0.2) is 6.29 Å². The van der Waals surface area contributed by atoms with Gasteiger partial charge in [-0.2, -0.15) is 0 Å². The lowest BCUT2D eigenvalue weighted by atomic mass is 10.1. The van der Waals surface area contributed by atoms with Crippen molar-refractivity contribution in [3.63, 3.8) is 0 Å². The SMILES string of the molecule is CCCC/C=C/c1cccc(C=O)c1O. The molecule has 1 N–H and O–H groups in total. The minimum Gasteiger partial charge on any atom is -0.507 e. The third-order valence-corrected chi connectivity index (χ3v) is 2.25. The highest BCUT2D eigenvalue weighted by Gasteiger charge is 2.02. The van der Waals surface area contributed by atoms with E-state index in [0.717, 1.165) is 19.3 Å². The summed E-state index contributed by atoms with van der Waals surface area (Å²) in [5.74, 6) is 0.0697. The molecule has 1 aromatic carbocycles. The van der Waals surface area contributed by atoms with Crippen LogP contribution in [0, 0.1) is 0 Å². The van der Waals surface area contributed by atoms with Crippen molar-refractivity contribution in [2.45, 2.75) is 26.2 Å². The van der Waals surface area contributed by atoms with Crippen LogP contribution in [0.4, 0.5) is 0 Å². The summed E-state index contributed by atoms with van der Waals surface area (Å²) in [5, 5.41) is 9.66. The lowest BCUT2D eigenvalue weighted by Crippen LogP contribution is -1.83. The van der Waals surface area contributed by atoms with E-state index in [0.29, 0.717) is 17.4 Å². The highest BCUT2D eigenvalue weighted by atomic mass is 16.3. The summed E-state index contributed by atoms with van der Waals surface area (Å²) in [4.78, 5) is 10.6. The number of aromatic hydroxyl groups is 1. The molecule has 0 aromatic heterocycles. The second kappa shape index (κ2) is 6.02. The third-order valence-electron chi connectivity index (χ3n) is 2.25. The van der Waals surface area contributed by atoms with E-state index in [4.69, 9.17) is 0 Å². The molecule has 0 aliphatic carbocycles. The monoisotopic (exact) mass is 204 g/mol. The largest absolute Gasteiger partial charge is 0.507 e. The first kappa shape index (κ1) is 11.5. The Morgan fingerprint density at radius 1 is 1.33 bits per heavy atom. The summed E-state index contributed by atoms with van der Waals surface area (Å²) < 4.78 is 0. The highest BCUT2D eigenvalue weighted by Crippen LogP contribution is 2.22. The Kier molecular flexibility index (Phi) is 4.61. The molecule has 0 saturated carbocycles. The van der Waals surface area contributed by atoms with Gasteiger partial charge in [-0.25, -0.2) is 0 Å². The number of carbonyl (C=O) groups excluding carboxylic acids is 1. The zero-order valence-electron chi connectivity index (χ0n) is 8.94. The number of aldehydes is 1. The van der Waals surface area contributed by atoms with Crippen molar-refractivity contribution in [2.24, 2.45) is 0 Å². The first-order valence-corrected chi connectivity index (χ1v) is 5.23. The van der Waals surface area contributed by atoms with Gasteiger partial charge in [-0.15, -0.1) is 0 Å². The van der Waals surface area contributed by atoms with Gasteiger partial charge in [-0.1, -0.05) is 44.1 Å². The molecule has 15 heavy (non-hydrogen) atoms. The quantitative estimate of drug-likeness (QED) is 0.589. The lowest BCUT2D eigenvalue weighted by Gasteiger charge is -2.00. The fourth-order valence-electron chi connectivity index (χ4n) is 1.34. The number of hydrogen-bond acceptors (Lipinski definition) is 2. The van der Waals surface area contributed by atoms with Gasteiger partial charge in [0.2, 0.25) is 0 Å². The Morgan fingerprint density at radius 2 is 2.07 bits per heavy atom. The maximum atomic E-state index is 10.6. The van der Waals surface area contributed by atoms with Crippen LogP contribution in [0.2, 0.25) is 0 Å². The normalized spacial score (nSPS) is 10.7. The van der Waals surface area contributed by atoms with Crippen LogP contribution in [0.25, 0.3) is 6.08 Å². The standard InChI is InChI=1S/C13H16O2/c1-2-3-4-5-7-11-8-6-9-12(10-14)13(11)15/h5-10,15H,2-4H2,1H3/b7-5+. The zero-order chi connectivity index (χ0) is 11.1. The summed E-state index contributed by atoms with van der Waals surface area (Å²) in [6.07, 6.45) is 7.85. The van der Waals surface area contributed by atoms with Crippen molar-refractivity contribution in [3.05, 3.63) is 35.4 Å². The lowest BCUT2D eigenvalue weighted by molar-refractivity contribution is 0.112. The van der Waals surface area contributed by atoms with Gasteiger partial charge in [-0.05, 0) is 12.5 Å². The van der Waals surface area contributed by atoms with E-state index in [-0.39, 0.29) is 5.75 Å². The Labute approximate surface area is 90.3 Å². The minimum atomic E-state index is 0.0697. The average molecular weight is 204 g/mol. The molecule has 2 nitrogen and oxygen atoms in total. The molecule has 1 aromatic rings. The van der Waals surface area contributed by atoms with E-state index in [1.165, 1.54) is 0 Å². The minimum absolute atomic E-state index is 0.0697. The Morgan fingerprint density at radius 3 is 2.73 bits per heavy atom. The van der Waals surface area contributed by atoms with Crippen LogP contribution >= 0.6 is 0 Å². The summed E-state index contributed by atoms with van der Waals surface area (Å²) in [5.41, 5.74) is 1.04. The molecule has 0 fully saturated rings. The van der Waals surface area contributed by atoms with Crippen molar-refractivity contribution in [1.82, 2.24) is 0 Å².